The van der Waals surface area contributed by atoms with Crippen molar-refractivity contribution in [2.45, 2.75) is 39.2 Å². The van der Waals surface area contributed by atoms with E-state index in [1.165, 1.54) is 11.3 Å². The van der Waals surface area contributed by atoms with E-state index in [0.29, 0.717) is 4.47 Å². The maximum absolute atomic E-state index is 13.9. The molecule has 0 aliphatic heterocycles. The first kappa shape index (κ1) is 13.8. The molecular weight excluding hydrogens is 319 g/mol. The van der Waals surface area contributed by atoms with E-state index in [9.17, 15) is 4.39 Å². The highest BCUT2D eigenvalue weighted by Gasteiger charge is 2.23. The zero-order chi connectivity index (χ0) is 14.4. The number of hydrogen-bond donors (Lipinski definition) is 1. The Hall–Kier alpha value is -1.13. The molecule has 4 heteroatoms. The maximum atomic E-state index is 13.9. The molecule has 1 aromatic carbocycles. The van der Waals surface area contributed by atoms with Crippen LogP contribution >= 0.6 is 15.9 Å². The van der Waals surface area contributed by atoms with Crippen molar-refractivity contribution in [1.29, 1.82) is 0 Å². The van der Waals surface area contributed by atoms with Gasteiger partial charge < -0.3 is 10.3 Å². The first-order valence-corrected chi connectivity index (χ1v) is 7.71. The van der Waals surface area contributed by atoms with E-state index in [-0.39, 0.29) is 11.9 Å². The normalized spacial score (nSPS) is 18.1. The van der Waals surface area contributed by atoms with Gasteiger partial charge in [-0.2, -0.15) is 0 Å². The predicted molar refractivity (Wildman–Crippen MR) is 82.8 cm³/mol. The van der Waals surface area contributed by atoms with E-state index < -0.39 is 0 Å². The summed E-state index contributed by atoms with van der Waals surface area (Å²) in [5.41, 5.74) is 11.8. The van der Waals surface area contributed by atoms with Crippen LogP contribution in [0.25, 0.3) is 5.69 Å². The summed E-state index contributed by atoms with van der Waals surface area (Å²) in [6, 6.07) is 5.70. The van der Waals surface area contributed by atoms with Crippen LogP contribution in [0.2, 0.25) is 0 Å². The van der Waals surface area contributed by atoms with Gasteiger partial charge in [-0.15, -0.1) is 0 Å². The molecule has 1 aromatic heterocycles. The third-order valence-electron chi connectivity index (χ3n) is 4.13. The minimum Gasteiger partial charge on any atom is -0.324 e. The summed E-state index contributed by atoms with van der Waals surface area (Å²) in [6.07, 6.45) is 3.13. The van der Waals surface area contributed by atoms with Crippen LogP contribution in [0.3, 0.4) is 0 Å². The second kappa shape index (κ2) is 5.01. The monoisotopic (exact) mass is 336 g/mol. The summed E-state index contributed by atoms with van der Waals surface area (Å²) in [7, 11) is 0. The van der Waals surface area contributed by atoms with E-state index in [0.717, 1.165) is 36.2 Å². The fourth-order valence-corrected chi connectivity index (χ4v) is 3.61. The summed E-state index contributed by atoms with van der Waals surface area (Å²) in [4.78, 5) is 0. The minimum absolute atomic E-state index is 0.110. The van der Waals surface area contributed by atoms with E-state index in [1.54, 1.807) is 6.07 Å². The molecule has 2 nitrogen and oxygen atoms in total. The van der Waals surface area contributed by atoms with Crippen molar-refractivity contribution in [3.8, 4) is 5.69 Å². The second-order valence-corrected chi connectivity index (χ2v) is 6.43. The van der Waals surface area contributed by atoms with Crippen molar-refractivity contribution in [2.75, 3.05) is 0 Å². The Bertz CT molecular complexity index is 676. The standard InChI is InChI=1S/C16H18BrFN2/c1-9-6-12(17)13(18)8-16(9)20-10(2)7-11-14(19)4-3-5-15(11)20/h6-8,14H,3-5,19H2,1-2H3. The van der Waals surface area contributed by atoms with Crippen LogP contribution in [0.15, 0.2) is 22.7 Å². The Balaban J connectivity index is 2.23. The van der Waals surface area contributed by atoms with Crippen molar-refractivity contribution in [2.24, 2.45) is 5.73 Å². The Kier molecular flexibility index (Phi) is 3.46. The van der Waals surface area contributed by atoms with Crippen LogP contribution in [0.4, 0.5) is 4.39 Å². The number of halogens is 2. The van der Waals surface area contributed by atoms with Crippen molar-refractivity contribution in [1.82, 2.24) is 4.57 Å². The van der Waals surface area contributed by atoms with Gasteiger partial charge in [-0.05, 0) is 78.4 Å². The van der Waals surface area contributed by atoms with Crippen LogP contribution < -0.4 is 5.73 Å². The molecule has 2 N–H and O–H groups in total. The molecule has 1 aliphatic rings. The lowest BCUT2D eigenvalue weighted by Crippen LogP contribution is -2.18. The second-order valence-electron chi connectivity index (χ2n) is 5.57. The molecule has 1 unspecified atom stereocenters. The van der Waals surface area contributed by atoms with Gasteiger partial charge in [0, 0.05) is 17.4 Å². The third kappa shape index (κ3) is 2.11. The zero-order valence-corrected chi connectivity index (χ0v) is 13.3. The van der Waals surface area contributed by atoms with Gasteiger partial charge in [-0.3, -0.25) is 0 Å². The summed E-state index contributed by atoms with van der Waals surface area (Å²) < 4.78 is 16.6. The van der Waals surface area contributed by atoms with Crippen molar-refractivity contribution < 1.29 is 4.39 Å². The van der Waals surface area contributed by atoms with Crippen molar-refractivity contribution >= 4 is 15.9 Å². The van der Waals surface area contributed by atoms with Crippen LogP contribution in [0, 0.1) is 19.7 Å². The molecule has 1 atom stereocenters. The molecule has 2 aromatic rings. The molecule has 0 fully saturated rings. The van der Waals surface area contributed by atoms with Gasteiger partial charge in [-0.1, -0.05) is 0 Å². The van der Waals surface area contributed by atoms with Crippen molar-refractivity contribution in [3.63, 3.8) is 0 Å². The molecule has 1 aliphatic carbocycles. The Morgan fingerprint density at radius 3 is 2.80 bits per heavy atom. The topological polar surface area (TPSA) is 30.9 Å². The summed E-state index contributed by atoms with van der Waals surface area (Å²) in [5.74, 6) is -0.229. The molecule has 20 heavy (non-hydrogen) atoms. The average molecular weight is 337 g/mol. The van der Waals surface area contributed by atoms with E-state index >= 15 is 0 Å². The first-order valence-electron chi connectivity index (χ1n) is 6.91. The van der Waals surface area contributed by atoms with Gasteiger partial charge in [0.25, 0.3) is 0 Å². The third-order valence-corrected chi connectivity index (χ3v) is 4.74. The Labute approximate surface area is 126 Å². The average Bonchev–Trinajstić information content (AvgIpc) is 2.72. The Morgan fingerprint density at radius 1 is 1.30 bits per heavy atom. The molecule has 0 amide bonds. The number of hydrogen-bond acceptors (Lipinski definition) is 1. The lowest BCUT2D eigenvalue weighted by Gasteiger charge is -2.22. The van der Waals surface area contributed by atoms with Crippen LogP contribution in [-0.4, -0.2) is 4.57 Å². The zero-order valence-electron chi connectivity index (χ0n) is 11.7. The first-order chi connectivity index (χ1) is 9.49. The van der Waals surface area contributed by atoms with Gasteiger partial charge in [0.05, 0.1) is 10.2 Å². The van der Waals surface area contributed by atoms with E-state index in [2.05, 4.69) is 33.5 Å². The number of nitrogens with two attached hydrogens (primary N) is 1. The van der Waals surface area contributed by atoms with E-state index in [4.69, 9.17) is 5.73 Å². The molecule has 1 heterocycles. The lowest BCUT2D eigenvalue weighted by atomic mass is 9.93. The Morgan fingerprint density at radius 2 is 2.05 bits per heavy atom. The predicted octanol–water partition coefficient (Wildman–Crippen LogP) is 4.33. The van der Waals surface area contributed by atoms with Crippen LogP contribution in [0.1, 0.15) is 41.4 Å². The molecular formula is C16H18BrFN2. The summed E-state index contributed by atoms with van der Waals surface area (Å²) in [5, 5.41) is 0. The molecule has 0 spiro atoms. The molecule has 3 rings (SSSR count). The van der Waals surface area contributed by atoms with Crippen molar-refractivity contribution in [3.05, 3.63) is 51.0 Å². The number of benzene rings is 1. The molecule has 0 saturated heterocycles. The van der Waals surface area contributed by atoms with Gasteiger partial charge in [0.1, 0.15) is 5.82 Å². The molecule has 0 bridgehead atoms. The molecule has 106 valence electrons. The van der Waals surface area contributed by atoms with Crippen LogP contribution in [0.5, 0.6) is 0 Å². The van der Waals surface area contributed by atoms with Gasteiger partial charge >= 0.3 is 0 Å². The smallest absolute Gasteiger partial charge is 0.139 e. The minimum atomic E-state index is -0.229. The number of aryl methyl sites for hydroxylation is 2. The van der Waals surface area contributed by atoms with E-state index in [1.807, 2.05) is 13.0 Å². The molecule has 0 saturated carbocycles. The fraction of sp³-hybridized carbons (Fsp3) is 0.375. The number of rotatable bonds is 1. The highest BCUT2D eigenvalue weighted by atomic mass is 79.9. The fourth-order valence-electron chi connectivity index (χ4n) is 3.15. The largest absolute Gasteiger partial charge is 0.324 e. The quantitative estimate of drug-likeness (QED) is 0.825. The summed E-state index contributed by atoms with van der Waals surface area (Å²) in [6.45, 7) is 4.07. The highest BCUT2D eigenvalue weighted by Crippen LogP contribution is 2.34. The number of fused-ring (bicyclic) bond motifs is 1. The molecule has 0 radical (unpaired) electrons. The maximum Gasteiger partial charge on any atom is 0.139 e. The van der Waals surface area contributed by atoms with Crippen LogP contribution in [-0.2, 0) is 6.42 Å². The number of nitrogens with zero attached hydrogens (tertiary/aromatic N) is 1. The van der Waals surface area contributed by atoms with Gasteiger partial charge in [-0.25, -0.2) is 4.39 Å². The van der Waals surface area contributed by atoms with Gasteiger partial charge in [0.2, 0.25) is 0 Å². The number of aromatic nitrogens is 1. The lowest BCUT2D eigenvalue weighted by molar-refractivity contribution is 0.559. The van der Waals surface area contributed by atoms with Gasteiger partial charge in [0.15, 0.2) is 0 Å². The SMILES string of the molecule is Cc1cc(Br)c(F)cc1-n1c(C)cc2c1CCCC2N. The highest BCUT2D eigenvalue weighted by molar-refractivity contribution is 9.10. The summed E-state index contributed by atoms with van der Waals surface area (Å²) >= 11 is 3.24.